The first-order valence-electron chi connectivity index (χ1n) is 4.30. The number of aldehydes is 1. The van der Waals surface area contributed by atoms with Crippen molar-refractivity contribution in [3.63, 3.8) is 0 Å². The quantitative estimate of drug-likeness (QED) is 0.701. The van der Waals surface area contributed by atoms with Gasteiger partial charge in [-0.15, -0.1) is 0 Å². The Kier molecular flexibility index (Phi) is 2.34. The number of nitrogens with zero attached hydrogens (tertiary/aromatic N) is 2. The van der Waals surface area contributed by atoms with Gasteiger partial charge in [0, 0.05) is 11.6 Å². The van der Waals surface area contributed by atoms with Crippen LogP contribution < -0.4 is 0 Å². The van der Waals surface area contributed by atoms with E-state index in [0.29, 0.717) is 11.8 Å². The highest BCUT2D eigenvalue weighted by Crippen LogP contribution is 2.30. The molecule has 2 aromatic rings. The van der Waals surface area contributed by atoms with Crippen LogP contribution in [0, 0.1) is 0 Å². The molecule has 0 aliphatic heterocycles. The van der Waals surface area contributed by atoms with E-state index in [-0.39, 0.29) is 11.2 Å². The van der Waals surface area contributed by atoms with Crippen LogP contribution in [0.3, 0.4) is 0 Å². The SMILES string of the molecule is O=Cc1ncc2cc(C(F)(F)F)ccc2n1. The zero-order valence-electron chi connectivity index (χ0n) is 7.82. The van der Waals surface area contributed by atoms with Crippen molar-refractivity contribution in [1.29, 1.82) is 0 Å². The summed E-state index contributed by atoms with van der Waals surface area (Å²) in [5, 5.41) is 0.250. The number of aromatic nitrogens is 2. The fourth-order valence-corrected chi connectivity index (χ4v) is 1.28. The van der Waals surface area contributed by atoms with Crippen LogP contribution in [-0.4, -0.2) is 16.3 Å². The van der Waals surface area contributed by atoms with Crippen LogP contribution in [0.15, 0.2) is 24.4 Å². The molecule has 2 rings (SSSR count). The van der Waals surface area contributed by atoms with E-state index in [1.807, 2.05) is 0 Å². The first-order valence-corrected chi connectivity index (χ1v) is 4.30. The lowest BCUT2D eigenvalue weighted by Gasteiger charge is -2.06. The van der Waals surface area contributed by atoms with Gasteiger partial charge in [0.1, 0.15) is 0 Å². The second-order valence-electron chi connectivity index (χ2n) is 3.12. The monoisotopic (exact) mass is 226 g/mol. The predicted octanol–water partition coefficient (Wildman–Crippen LogP) is 2.46. The van der Waals surface area contributed by atoms with Gasteiger partial charge in [-0.05, 0) is 18.2 Å². The van der Waals surface area contributed by atoms with Gasteiger partial charge in [-0.1, -0.05) is 0 Å². The standard InChI is InChI=1S/C10H5F3N2O/c11-10(12,13)7-1-2-8-6(3-7)4-14-9(5-16)15-8/h1-5H. The van der Waals surface area contributed by atoms with Crippen molar-refractivity contribution in [3.8, 4) is 0 Å². The molecule has 0 spiro atoms. The summed E-state index contributed by atoms with van der Waals surface area (Å²) in [7, 11) is 0. The van der Waals surface area contributed by atoms with Gasteiger partial charge in [-0.3, -0.25) is 4.79 Å². The summed E-state index contributed by atoms with van der Waals surface area (Å²) in [6.07, 6.45) is -2.75. The summed E-state index contributed by atoms with van der Waals surface area (Å²) < 4.78 is 37.1. The second kappa shape index (κ2) is 3.55. The smallest absolute Gasteiger partial charge is 0.294 e. The van der Waals surface area contributed by atoms with Gasteiger partial charge in [0.05, 0.1) is 11.1 Å². The number of benzene rings is 1. The molecule has 0 aliphatic rings. The lowest BCUT2D eigenvalue weighted by molar-refractivity contribution is -0.137. The Morgan fingerprint density at radius 2 is 2.00 bits per heavy atom. The molecule has 3 nitrogen and oxygen atoms in total. The number of alkyl halides is 3. The first-order chi connectivity index (χ1) is 7.50. The van der Waals surface area contributed by atoms with Crippen LogP contribution in [0.5, 0.6) is 0 Å². The summed E-state index contributed by atoms with van der Waals surface area (Å²) in [5.74, 6) is -0.0488. The van der Waals surface area contributed by atoms with Crippen molar-refractivity contribution < 1.29 is 18.0 Å². The fraction of sp³-hybridized carbons (Fsp3) is 0.100. The topological polar surface area (TPSA) is 42.9 Å². The van der Waals surface area contributed by atoms with Crippen LogP contribution in [0.4, 0.5) is 13.2 Å². The maximum atomic E-state index is 12.4. The molecule has 0 unspecified atom stereocenters. The number of fused-ring (bicyclic) bond motifs is 1. The minimum absolute atomic E-state index is 0.0488. The number of carbonyl (C=O) groups is 1. The Balaban J connectivity index is 2.60. The van der Waals surface area contributed by atoms with Gasteiger partial charge in [-0.2, -0.15) is 13.2 Å². The van der Waals surface area contributed by atoms with Gasteiger partial charge in [0.25, 0.3) is 0 Å². The molecule has 6 heteroatoms. The zero-order valence-corrected chi connectivity index (χ0v) is 7.82. The maximum Gasteiger partial charge on any atom is 0.416 e. The zero-order chi connectivity index (χ0) is 11.8. The van der Waals surface area contributed by atoms with Gasteiger partial charge < -0.3 is 0 Å². The highest BCUT2D eigenvalue weighted by Gasteiger charge is 2.30. The molecule has 0 aliphatic carbocycles. The van der Waals surface area contributed by atoms with Crippen LogP contribution in [0.1, 0.15) is 16.2 Å². The molecule has 1 aromatic carbocycles. The number of rotatable bonds is 1. The van der Waals surface area contributed by atoms with Crippen molar-refractivity contribution in [1.82, 2.24) is 9.97 Å². The molecule has 0 amide bonds. The second-order valence-corrected chi connectivity index (χ2v) is 3.12. The van der Waals surface area contributed by atoms with E-state index in [1.54, 1.807) is 0 Å². The van der Waals surface area contributed by atoms with Crippen molar-refractivity contribution in [3.05, 3.63) is 35.8 Å². The number of halogens is 3. The fourth-order valence-electron chi connectivity index (χ4n) is 1.28. The summed E-state index contributed by atoms with van der Waals surface area (Å²) in [4.78, 5) is 17.7. The van der Waals surface area contributed by atoms with Gasteiger partial charge in [-0.25, -0.2) is 9.97 Å². The highest BCUT2D eigenvalue weighted by atomic mass is 19.4. The average molecular weight is 226 g/mol. The van der Waals surface area contributed by atoms with Crippen LogP contribution in [-0.2, 0) is 6.18 Å². The number of hydrogen-bond donors (Lipinski definition) is 0. The van der Waals surface area contributed by atoms with E-state index in [4.69, 9.17) is 0 Å². The Morgan fingerprint density at radius 1 is 1.25 bits per heavy atom. The molecule has 0 fully saturated rings. The molecule has 16 heavy (non-hydrogen) atoms. The van der Waals surface area contributed by atoms with E-state index in [0.717, 1.165) is 12.1 Å². The van der Waals surface area contributed by atoms with E-state index in [1.165, 1.54) is 12.3 Å². The molecule has 1 aromatic heterocycles. The summed E-state index contributed by atoms with van der Waals surface area (Å²) >= 11 is 0. The molecule has 82 valence electrons. The van der Waals surface area contributed by atoms with Crippen molar-refractivity contribution in [2.45, 2.75) is 6.18 Å². The average Bonchev–Trinajstić information content (AvgIpc) is 2.26. The third-order valence-corrected chi connectivity index (χ3v) is 2.03. The van der Waals surface area contributed by atoms with Crippen molar-refractivity contribution in [2.24, 2.45) is 0 Å². The molecule has 0 bridgehead atoms. The van der Waals surface area contributed by atoms with Gasteiger partial charge in [0.15, 0.2) is 12.1 Å². The predicted molar refractivity (Wildman–Crippen MR) is 49.9 cm³/mol. The Labute approximate surface area is 87.9 Å². The van der Waals surface area contributed by atoms with Crippen LogP contribution >= 0.6 is 0 Å². The Morgan fingerprint density at radius 3 is 2.62 bits per heavy atom. The minimum Gasteiger partial charge on any atom is -0.294 e. The molecule has 0 N–H and O–H groups in total. The lowest BCUT2D eigenvalue weighted by Crippen LogP contribution is -2.04. The van der Waals surface area contributed by atoms with Crippen molar-refractivity contribution >= 4 is 17.2 Å². The van der Waals surface area contributed by atoms with E-state index >= 15 is 0 Å². The number of carbonyl (C=O) groups excluding carboxylic acids is 1. The molecule has 1 heterocycles. The van der Waals surface area contributed by atoms with Crippen LogP contribution in [0.2, 0.25) is 0 Å². The molecular formula is C10H5F3N2O. The van der Waals surface area contributed by atoms with E-state index in [9.17, 15) is 18.0 Å². The summed E-state index contributed by atoms with van der Waals surface area (Å²) in [6, 6.07) is 3.08. The normalized spacial score (nSPS) is 11.7. The lowest BCUT2D eigenvalue weighted by atomic mass is 10.1. The van der Waals surface area contributed by atoms with Gasteiger partial charge in [0.2, 0.25) is 0 Å². The van der Waals surface area contributed by atoms with Crippen molar-refractivity contribution in [2.75, 3.05) is 0 Å². The number of hydrogen-bond acceptors (Lipinski definition) is 3. The molecular weight excluding hydrogens is 221 g/mol. The van der Waals surface area contributed by atoms with Crippen LogP contribution in [0.25, 0.3) is 10.9 Å². The molecule has 0 radical (unpaired) electrons. The summed E-state index contributed by atoms with van der Waals surface area (Å²) in [6.45, 7) is 0. The summed E-state index contributed by atoms with van der Waals surface area (Å²) in [5.41, 5.74) is -0.451. The van der Waals surface area contributed by atoms with Gasteiger partial charge >= 0.3 is 6.18 Å². The molecule has 0 saturated heterocycles. The first kappa shape index (κ1) is 10.5. The molecule has 0 saturated carbocycles. The van der Waals surface area contributed by atoms with E-state index in [2.05, 4.69) is 9.97 Å². The third-order valence-electron chi connectivity index (χ3n) is 2.03. The third kappa shape index (κ3) is 1.86. The Bertz CT molecular complexity index is 551. The minimum atomic E-state index is -4.39. The molecule has 0 atom stereocenters. The van der Waals surface area contributed by atoms with E-state index < -0.39 is 11.7 Å². The maximum absolute atomic E-state index is 12.4. The largest absolute Gasteiger partial charge is 0.416 e. The highest BCUT2D eigenvalue weighted by molar-refractivity contribution is 5.81. The Hall–Kier alpha value is -1.98.